The summed E-state index contributed by atoms with van der Waals surface area (Å²) in [7, 11) is 1.87. The zero-order chi connectivity index (χ0) is 17.9. The summed E-state index contributed by atoms with van der Waals surface area (Å²) in [4.78, 5) is 16.4. The van der Waals surface area contributed by atoms with Gasteiger partial charge in [-0.2, -0.15) is 10.2 Å². The second kappa shape index (κ2) is 6.95. The van der Waals surface area contributed by atoms with Crippen molar-refractivity contribution in [3.8, 4) is 11.1 Å². The second-order valence-corrected chi connectivity index (χ2v) is 6.58. The van der Waals surface area contributed by atoms with Crippen LogP contribution >= 0.6 is 0 Å². The lowest BCUT2D eigenvalue weighted by Crippen LogP contribution is -2.07. The summed E-state index contributed by atoms with van der Waals surface area (Å²) in [6.45, 7) is 0.926. The molecule has 0 radical (unpaired) electrons. The number of hydrogen-bond donors (Lipinski definition) is 1. The van der Waals surface area contributed by atoms with Crippen LogP contribution < -0.4 is 5.32 Å². The number of nitrogens with zero attached hydrogens (tertiary/aromatic N) is 5. The molecular formula is C19H20N6O. The van der Waals surface area contributed by atoms with E-state index < -0.39 is 0 Å². The van der Waals surface area contributed by atoms with E-state index in [1.165, 1.54) is 18.9 Å². The minimum atomic E-state index is -0.197. The van der Waals surface area contributed by atoms with Crippen molar-refractivity contribution in [3.05, 3.63) is 54.9 Å². The Morgan fingerprint density at radius 1 is 1.27 bits per heavy atom. The summed E-state index contributed by atoms with van der Waals surface area (Å²) in [6.07, 6.45) is 16.6. The molecule has 3 aromatic rings. The van der Waals surface area contributed by atoms with Crippen LogP contribution in [-0.4, -0.2) is 30.5 Å². The first kappa shape index (κ1) is 16.3. The first-order chi connectivity index (χ1) is 12.7. The van der Waals surface area contributed by atoms with E-state index >= 15 is 0 Å². The molecule has 7 nitrogen and oxygen atoms in total. The summed E-state index contributed by atoms with van der Waals surface area (Å²) >= 11 is 0. The van der Waals surface area contributed by atoms with Crippen LogP contribution in [-0.2, 0) is 18.4 Å². The fourth-order valence-electron chi connectivity index (χ4n) is 2.81. The first-order valence-corrected chi connectivity index (χ1v) is 8.62. The van der Waals surface area contributed by atoms with E-state index in [-0.39, 0.29) is 5.91 Å². The van der Waals surface area contributed by atoms with Crippen molar-refractivity contribution >= 4 is 17.7 Å². The second-order valence-electron chi connectivity index (χ2n) is 6.58. The molecule has 0 saturated heterocycles. The summed E-state index contributed by atoms with van der Waals surface area (Å²) in [5.41, 5.74) is 3.53. The van der Waals surface area contributed by atoms with E-state index in [0.717, 1.165) is 29.2 Å². The fourth-order valence-corrected chi connectivity index (χ4v) is 2.81. The van der Waals surface area contributed by atoms with Crippen molar-refractivity contribution in [2.75, 3.05) is 5.32 Å². The zero-order valence-electron chi connectivity index (χ0n) is 14.5. The molecule has 1 aliphatic rings. The lowest BCUT2D eigenvalue weighted by atomic mass is 10.0. The summed E-state index contributed by atoms with van der Waals surface area (Å²) in [5, 5.41) is 11.3. The van der Waals surface area contributed by atoms with Gasteiger partial charge in [0.25, 0.3) is 0 Å². The number of carbonyl (C=O) groups excluding carboxylic acids is 1. The third-order valence-electron chi connectivity index (χ3n) is 4.33. The highest BCUT2D eigenvalue weighted by atomic mass is 16.1. The van der Waals surface area contributed by atoms with Crippen molar-refractivity contribution in [2.45, 2.75) is 19.4 Å². The molecule has 0 atom stereocenters. The largest absolute Gasteiger partial charge is 0.320 e. The molecule has 1 amide bonds. The third kappa shape index (κ3) is 3.88. The molecule has 3 aromatic heterocycles. The van der Waals surface area contributed by atoms with Gasteiger partial charge in [-0.1, -0.05) is 0 Å². The van der Waals surface area contributed by atoms with Crippen molar-refractivity contribution in [3.63, 3.8) is 0 Å². The van der Waals surface area contributed by atoms with Crippen molar-refractivity contribution < 1.29 is 4.79 Å². The first-order valence-electron chi connectivity index (χ1n) is 8.62. The predicted molar refractivity (Wildman–Crippen MR) is 99.1 cm³/mol. The lowest BCUT2D eigenvalue weighted by Gasteiger charge is -2.02. The SMILES string of the molecule is Cn1cc(-c2ccncc2/C=C/C(=O)Nc2cnn(CC3CC3)c2)cn1. The Balaban J connectivity index is 1.44. The number of aromatic nitrogens is 5. The average Bonchev–Trinajstić information content (AvgIpc) is 3.17. The normalized spacial score (nSPS) is 14.0. The third-order valence-corrected chi connectivity index (χ3v) is 4.33. The van der Waals surface area contributed by atoms with E-state index in [1.807, 2.05) is 30.2 Å². The Hall–Kier alpha value is -3.22. The van der Waals surface area contributed by atoms with Gasteiger partial charge in [0, 0.05) is 55.6 Å². The van der Waals surface area contributed by atoms with E-state index in [4.69, 9.17) is 0 Å². The number of rotatable bonds is 6. The lowest BCUT2D eigenvalue weighted by molar-refractivity contribution is -0.111. The van der Waals surface area contributed by atoms with Gasteiger partial charge in [0.1, 0.15) is 0 Å². The monoisotopic (exact) mass is 348 g/mol. The molecule has 26 heavy (non-hydrogen) atoms. The topological polar surface area (TPSA) is 77.6 Å². The Morgan fingerprint density at radius 2 is 2.15 bits per heavy atom. The summed E-state index contributed by atoms with van der Waals surface area (Å²) in [5.74, 6) is 0.548. The molecule has 1 aliphatic carbocycles. The molecule has 1 fully saturated rings. The van der Waals surface area contributed by atoms with E-state index in [1.54, 1.807) is 35.5 Å². The zero-order valence-corrected chi connectivity index (χ0v) is 14.5. The quantitative estimate of drug-likeness (QED) is 0.695. The van der Waals surface area contributed by atoms with Crippen LogP contribution in [0.1, 0.15) is 18.4 Å². The standard InChI is InChI=1S/C19H20N6O/c1-24-12-16(9-21-24)18-6-7-20-8-15(18)4-5-19(26)23-17-10-22-25(13-17)11-14-2-3-14/h4-10,12-14H,2-3,11H2,1H3,(H,23,26)/b5-4+. The minimum absolute atomic E-state index is 0.197. The molecular weight excluding hydrogens is 328 g/mol. The molecule has 4 rings (SSSR count). The molecule has 7 heteroatoms. The highest BCUT2D eigenvalue weighted by Gasteiger charge is 2.22. The number of aryl methyl sites for hydroxylation is 1. The smallest absolute Gasteiger partial charge is 0.248 e. The Bertz CT molecular complexity index is 950. The van der Waals surface area contributed by atoms with E-state index in [0.29, 0.717) is 5.69 Å². The predicted octanol–water partition coefficient (Wildman–Crippen LogP) is 2.74. The molecule has 0 bridgehead atoms. The van der Waals surface area contributed by atoms with Crippen LogP contribution in [0.3, 0.4) is 0 Å². The Labute approximate surface area is 151 Å². The molecule has 0 unspecified atom stereocenters. The van der Waals surface area contributed by atoms with Crippen LogP contribution in [0.4, 0.5) is 5.69 Å². The Morgan fingerprint density at radius 3 is 2.92 bits per heavy atom. The number of anilines is 1. The molecule has 1 N–H and O–H groups in total. The van der Waals surface area contributed by atoms with E-state index in [2.05, 4.69) is 20.5 Å². The minimum Gasteiger partial charge on any atom is -0.320 e. The van der Waals surface area contributed by atoms with Gasteiger partial charge in [-0.3, -0.25) is 19.1 Å². The molecule has 1 saturated carbocycles. The highest BCUT2D eigenvalue weighted by Crippen LogP contribution is 2.30. The number of carbonyl (C=O) groups is 1. The number of nitrogens with one attached hydrogen (secondary N) is 1. The van der Waals surface area contributed by atoms with Crippen LogP contribution in [0.2, 0.25) is 0 Å². The summed E-state index contributed by atoms with van der Waals surface area (Å²) < 4.78 is 3.63. The van der Waals surface area contributed by atoms with Gasteiger partial charge >= 0.3 is 0 Å². The van der Waals surface area contributed by atoms with Crippen LogP contribution in [0, 0.1) is 5.92 Å². The van der Waals surface area contributed by atoms with Gasteiger partial charge in [-0.25, -0.2) is 0 Å². The van der Waals surface area contributed by atoms with Crippen LogP contribution in [0.5, 0.6) is 0 Å². The van der Waals surface area contributed by atoms with Gasteiger partial charge in [-0.15, -0.1) is 0 Å². The molecule has 0 aliphatic heterocycles. The Kier molecular flexibility index (Phi) is 4.35. The van der Waals surface area contributed by atoms with Crippen LogP contribution in [0.15, 0.2) is 49.3 Å². The number of pyridine rings is 1. The van der Waals surface area contributed by atoms with Crippen LogP contribution in [0.25, 0.3) is 17.2 Å². The highest BCUT2D eigenvalue weighted by molar-refractivity contribution is 6.02. The molecule has 3 heterocycles. The average molecular weight is 348 g/mol. The number of hydrogen-bond acceptors (Lipinski definition) is 4. The van der Waals surface area contributed by atoms with Gasteiger partial charge in [0.2, 0.25) is 5.91 Å². The number of amides is 1. The van der Waals surface area contributed by atoms with Crippen molar-refractivity contribution in [1.29, 1.82) is 0 Å². The fraction of sp³-hybridized carbons (Fsp3) is 0.263. The maximum absolute atomic E-state index is 12.2. The van der Waals surface area contributed by atoms with Gasteiger partial charge in [0.05, 0.1) is 18.1 Å². The van der Waals surface area contributed by atoms with Crippen molar-refractivity contribution in [1.82, 2.24) is 24.5 Å². The molecule has 0 aromatic carbocycles. The molecule has 132 valence electrons. The maximum atomic E-state index is 12.2. The van der Waals surface area contributed by atoms with Gasteiger partial charge in [-0.05, 0) is 36.5 Å². The van der Waals surface area contributed by atoms with Gasteiger partial charge in [0.15, 0.2) is 0 Å². The maximum Gasteiger partial charge on any atom is 0.248 e. The molecule has 0 spiro atoms. The summed E-state index contributed by atoms with van der Waals surface area (Å²) in [6, 6.07) is 1.91. The van der Waals surface area contributed by atoms with E-state index in [9.17, 15) is 4.79 Å². The van der Waals surface area contributed by atoms with Gasteiger partial charge < -0.3 is 5.32 Å². The van der Waals surface area contributed by atoms with Crippen molar-refractivity contribution in [2.24, 2.45) is 13.0 Å².